The second-order valence-corrected chi connectivity index (χ2v) is 6.10. The number of hydrogen-bond acceptors (Lipinski definition) is 6. The molecule has 0 aliphatic carbocycles. The Balaban J connectivity index is 2.14. The maximum Gasteiger partial charge on any atom is 0.431 e. The number of anilines is 1. The van der Waals surface area contributed by atoms with E-state index in [0.29, 0.717) is 11.1 Å². The predicted molar refractivity (Wildman–Crippen MR) is 96.2 cm³/mol. The Bertz CT molecular complexity index is 948. The number of aromatic nitrogens is 2. The zero-order valence-corrected chi connectivity index (χ0v) is 15.6. The van der Waals surface area contributed by atoms with Gasteiger partial charge in [0.1, 0.15) is 5.70 Å². The summed E-state index contributed by atoms with van der Waals surface area (Å²) in [5, 5.41) is 8.52. The van der Waals surface area contributed by atoms with Gasteiger partial charge in [-0.3, -0.25) is 5.10 Å². The van der Waals surface area contributed by atoms with E-state index in [9.17, 15) is 22.8 Å². The largest absolute Gasteiger partial charge is 0.463 e. The highest BCUT2D eigenvalue weighted by Crippen LogP contribution is 2.45. The Morgan fingerprint density at radius 1 is 1.07 bits per heavy atom. The minimum Gasteiger partial charge on any atom is -0.463 e. The number of alkyl halides is 3. The predicted octanol–water partition coefficient (Wildman–Crippen LogP) is 3.52. The highest BCUT2D eigenvalue weighted by molar-refractivity contribution is 5.95. The molecule has 10 heteroatoms. The first-order chi connectivity index (χ1) is 13.8. The summed E-state index contributed by atoms with van der Waals surface area (Å²) in [5.74, 6) is -2.76. The zero-order valence-electron chi connectivity index (χ0n) is 15.6. The quantitative estimate of drug-likeness (QED) is 0.734. The SMILES string of the molecule is CCOC(=O)C1=C(C(F)(F)F)Nc2n[nH]cc2C1c1ccc(C(=O)OCC)cc1. The van der Waals surface area contributed by atoms with Crippen LogP contribution in [-0.2, 0) is 14.3 Å². The molecule has 154 valence electrons. The summed E-state index contributed by atoms with van der Waals surface area (Å²) in [6.07, 6.45) is -3.42. The number of rotatable bonds is 5. The van der Waals surface area contributed by atoms with E-state index in [1.54, 1.807) is 6.92 Å². The highest BCUT2D eigenvalue weighted by atomic mass is 19.4. The molecule has 0 fully saturated rings. The molecule has 2 heterocycles. The van der Waals surface area contributed by atoms with Crippen molar-refractivity contribution in [2.45, 2.75) is 25.9 Å². The van der Waals surface area contributed by atoms with Crippen LogP contribution in [0, 0.1) is 0 Å². The van der Waals surface area contributed by atoms with Crippen molar-refractivity contribution >= 4 is 17.8 Å². The van der Waals surface area contributed by atoms with Gasteiger partial charge < -0.3 is 14.8 Å². The van der Waals surface area contributed by atoms with Crippen molar-refractivity contribution < 1.29 is 32.2 Å². The Morgan fingerprint density at radius 3 is 2.28 bits per heavy atom. The van der Waals surface area contributed by atoms with Crippen LogP contribution in [0.5, 0.6) is 0 Å². The molecular formula is C19H18F3N3O4. The molecule has 1 aliphatic rings. The number of halogens is 3. The average Bonchev–Trinajstić information content (AvgIpc) is 3.15. The lowest BCUT2D eigenvalue weighted by molar-refractivity contribution is -0.140. The Kier molecular flexibility index (Phi) is 5.62. The summed E-state index contributed by atoms with van der Waals surface area (Å²) in [7, 11) is 0. The number of aromatic amines is 1. The van der Waals surface area contributed by atoms with Crippen molar-refractivity contribution in [2.75, 3.05) is 18.5 Å². The third-order valence-corrected chi connectivity index (χ3v) is 4.32. The van der Waals surface area contributed by atoms with E-state index < -0.39 is 35.3 Å². The normalized spacial score (nSPS) is 16.1. The summed E-state index contributed by atoms with van der Waals surface area (Å²) >= 11 is 0. The number of nitrogens with zero attached hydrogens (tertiary/aromatic N) is 1. The fraction of sp³-hybridized carbons (Fsp3) is 0.316. The molecule has 0 saturated heterocycles. The van der Waals surface area contributed by atoms with Gasteiger partial charge in [0.25, 0.3) is 0 Å². The van der Waals surface area contributed by atoms with Crippen LogP contribution in [0.15, 0.2) is 41.7 Å². The van der Waals surface area contributed by atoms with Gasteiger partial charge >= 0.3 is 18.1 Å². The summed E-state index contributed by atoms with van der Waals surface area (Å²) in [5.41, 5.74) is -0.834. The van der Waals surface area contributed by atoms with Crippen LogP contribution in [0.1, 0.15) is 41.3 Å². The van der Waals surface area contributed by atoms with Gasteiger partial charge in [-0.15, -0.1) is 0 Å². The molecule has 2 N–H and O–H groups in total. The van der Waals surface area contributed by atoms with Crippen LogP contribution in [0.2, 0.25) is 0 Å². The molecule has 7 nitrogen and oxygen atoms in total. The van der Waals surface area contributed by atoms with Gasteiger partial charge in [0.15, 0.2) is 5.82 Å². The molecule has 0 bridgehead atoms. The van der Waals surface area contributed by atoms with Crippen molar-refractivity contribution in [1.82, 2.24) is 10.2 Å². The van der Waals surface area contributed by atoms with Crippen LogP contribution >= 0.6 is 0 Å². The van der Waals surface area contributed by atoms with Gasteiger partial charge in [0.2, 0.25) is 0 Å². The van der Waals surface area contributed by atoms with Crippen molar-refractivity contribution in [3.8, 4) is 0 Å². The fourth-order valence-electron chi connectivity index (χ4n) is 3.13. The smallest absolute Gasteiger partial charge is 0.431 e. The van der Waals surface area contributed by atoms with Crippen molar-refractivity contribution in [2.24, 2.45) is 0 Å². The third kappa shape index (κ3) is 3.96. The average molecular weight is 409 g/mol. The molecule has 1 aromatic heterocycles. The number of hydrogen-bond donors (Lipinski definition) is 2. The van der Waals surface area contributed by atoms with Crippen LogP contribution in [-0.4, -0.2) is 41.5 Å². The van der Waals surface area contributed by atoms with E-state index in [2.05, 4.69) is 15.5 Å². The van der Waals surface area contributed by atoms with Gasteiger partial charge in [-0.25, -0.2) is 9.59 Å². The second kappa shape index (κ2) is 7.98. The fourth-order valence-corrected chi connectivity index (χ4v) is 3.13. The van der Waals surface area contributed by atoms with Crippen LogP contribution < -0.4 is 5.32 Å². The number of esters is 2. The van der Waals surface area contributed by atoms with Crippen LogP contribution in [0.4, 0.5) is 19.0 Å². The number of carbonyl (C=O) groups excluding carboxylic acids is 2. The lowest BCUT2D eigenvalue weighted by Crippen LogP contribution is -2.32. The molecule has 0 amide bonds. The second-order valence-electron chi connectivity index (χ2n) is 6.10. The molecule has 1 aromatic carbocycles. The maximum atomic E-state index is 13.7. The van der Waals surface area contributed by atoms with Crippen molar-refractivity contribution in [1.29, 1.82) is 0 Å². The summed E-state index contributed by atoms with van der Waals surface area (Å²) in [6, 6.07) is 5.83. The first-order valence-corrected chi connectivity index (χ1v) is 8.84. The lowest BCUT2D eigenvalue weighted by Gasteiger charge is -2.29. The van der Waals surface area contributed by atoms with Gasteiger partial charge in [0.05, 0.1) is 24.4 Å². The number of fused-ring (bicyclic) bond motifs is 1. The van der Waals surface area contributed by atoms with E-state index in [1.807, 2.05) is 0 Å². The molecule has 29 heavy (non-hydrogen) atoms. The maximum absolute atomic E-state index is 13.7. The topological polar surface area (TPSA) is 93.3 Å². The monoisotopic (exact) mass is 409 g/mol. The van der Waals surface area contributed by atoms with E-state index in [0.717, 1.165) is 0 Å². The Labute approximate surface area is 163 Å². The molecule has 0 saturated carbocycles. The van der Waals surface area contributed by atoms with Gasteiger partial charge in [-0.1, -0.05) is 12.1 Å². The summed E-state index contributed by atoms with van der Waals surface area (Å²) < 4.78 is 50.9. The highest BCUT2D eigenvalue weighted by Gasteiger charge is 2.46. The van der Waals surface area contributed by atoms with E-state index in [-0.39, 0.29) is 24.6 Å². The van der Waals surface area contributed by atoms with E-state index >= 15 is 0 Å². The summed E-state index contributed by atoms with van der Waals surface area (Å²) in [6.45, 7) is 3.28. The van der Waals surface area contributed by atoms with Gasteiger partial charge in [-0.05, 0) is 31.5 Å². The minimum absolute atomic E-state index is 0.0372. The molecule has 2 aromatic rings. The number of benzene rings is 1. The number of H-pyrrole nitrogens is 1. The third-order valence-electron chi connectivity index (χ3n) is 4.32. The lowest BCUT2D eigenvalue weighted by atomic mass is 9.82. The summed E-state index contributed by atoms with van der Waals surface area (Å²) in [4.78, 5) is 24.4. The molecule has 1 unspecified atom stereocenters. The number of nitrogens with one attached hydrogen (secondary N) is 2. The minimum atomic E-state index is -4.83. The van der Waals surface area contributed by atoms with E-state index in [4.69, 9.17) is 9.47 Å². The molecular weight excluding hydrogens is 391 g/mol. The Hall–Kier alpha value is -3.30. The van der Waals surface area contributed by atoms with Crippen LogP contribution in [0.3, 0.4) is 0 Å². The number of allylic oxidation sites excluding steroid dienone is 1. The number of carbonyl (C=O) groups is 2. The molecule has 0 radical (unpaired) electrons. The standard InChI is InChI=1S/C19H18F3N3O4/c1-3-28-17(26)11-7-5-10(6-8-11)13-12-9-23-25-16(12)24-15(19(20,21)22)14(13)18(27)29-4-2/h5-9,13H,3-4H2,1-2H3,(H2,23,24,25). The number of ether oxygens (including phenoxy) is 2. The van der Waals surface area contributed by atoms with Crippen molar-refractivity contribution in [3.05, 3.63) is 58.4 Å². The molecule has 3 rings (SSSR count). The first kappa shape index (κ1) is 20.4. The van der Waals surface area contributed by atoms with Gasteiger partial charge in [-0.2, -0.15) is 18.3 Å². The van der Waals surface area contributed by atoms with Crippen molar-refractivity contribution in [3.63, 3.8) is 0 Å². The molecule has 0 spiro atoms. The van der Waals surface area contributed by atoms with E-state index in [1.165, 1.54) is 37.4 Å². The Morgan fingerprint density at radius 2 is 1.69 bits per heavy atom. The molecule has 1 atom stereocenters. The van der Waals surface area contributed by atoms with Gasteiger partial charge in [0, 0.05) is 17.7 Å². The molecule has 1 aliphatic heterocycles. The van der Waals surface area contributed by atoms with Crippen LogP contribution in [0.25, 0.3) is 0 Å². The first-order valence-electron chi connectivity index (χ1n) is 8.84. The zero-order chi connectivity index (χ0) is 21.2.